The fraction of sp³-hybridized carbons (Fsp3) is 0.231. The van der Waals surface area contributed by atoms with Crippen LogP contribution in [-0.4, -0.2) is 4.57 Å². The summed E-state index contributed by atoms with van der Waals surface area (Å²) in [5, 5.41) is 0. The smallest absolute Gasteiger partial charge is 0.0481 e. The molecule has 0 aliphatic carbocycles. The van der Waals surface area contributed by atoms with Crippen LogP contribution in [0, 0.1) is 0 Å². The molecule has 1 heteroatoms. The summed E-state index contributed by atoms with van der Waals surface area (Å²) in [6, 6.07) is 12.7. The molecule has 0 aliphatic heterocycles. The second-order valence-corrected chi connectivity index (χ2v) is 3.47. The molecule has 0 bridgehead atoms. The Morgan fingerprint density at radius 1 is 1.00 bits per heavy atom. The summed E-state index contributed by atoms with van der Waals surface area (Å²) in [4.78, 5) is 0. The van der Waals surface area contributed by atoms with E-state index in [-0.39, 0.29) is 0 Å². The monoisotopic (exact) mass is 185 g/mol. The third kappa shape index (κ3) is 1.72. The van der Waals surface area contributed by atoms with Gasteiger partial charge in [-0.25, -0.2) is 0 Å². The van der Waals surface area contributed by atoms with Crippen LogP contribution in [0.25, 0.3) is 5.69 Å². The van der Waals surface area contributed by atoms with Crippen molar-refractivity contribution >= 4 is 0 Å². The maximum Gasteiger partial charge on any atom is 0.0481 e. The molecule has 1 nitrogen and oxygen atoms in total. The van der Waals surface area contributed by atoms with E-state index in [9.17, 15) is 0 Å². The van der Waals surface area contributed by atoms with Gasteiger partial charge < -0.3 is 4.57 Å². The van der Waals surface area contributed by atoms with Gasteiger partial charge >= 0.3 is 0 Å². The number of aryl methyl sites for hydroxylation is 1. The summed E-state index contributed by atoms with van der Waals surface area (Å²) >= 11 is 0. The van der Waals surface area contributed by atoms with E-state index >= 15 is 0 Å². The number of aromatic nitrogens is 1. The van der Waals surface area contributed by atoms with Crippen molar-refractivity contribution in [3.05, 3.63) is 54.4 Å². The van der Waals surface area contributed by atoms with Crippen molar-refractivity contribution in [2.45, 2.75) is 19.8 Å². The number of hydrogen-bond acceptors (Lipinski definition) is 0. The van der Waals surface area contributed by atoms with Crippen LogP contribution < -0.4 is 0 Å². The van der Waals surface area contributed by atoms with Crippen LogP contribution in [0.1, 0.15) is 18.9 Å². The fourth-order valence-corrected chi connectivity index (χ4v) is 1.74. The van der Waals surface area contributed by atoms with Gasteiger partial charge in [0.05, 0.1) is 0 Å². The molecule has 0 fully saturated rings. The van der Waals surface area contributed by atoms with Crippen LogP contribution in [-0.2, 0) is 6.42 Å². The SMILES string of the molecule is CCCc1ccccc1-n1cccc1. The van der Waals surface area contributed by atoms with Crippen LogP contribution in [0.5, 0.6) is 0 Å². The van der Waals surface area contributed by atoms with E-state index < -0.39 is 0 Å². The Balaban J connectivity index is 2.42. The Morgan fingerprint density at radius 3 is 2.43 bits per heavy atom. The summed E-state index contributed by atoms with van der Waals surface area (Å²) in [7, 11) is 0. The Kier molecular flexibility index (Phi) is 2.68. The lowest BCUT2D eigenvalue weighted by Crippen LogP contribution is -1.96. The molecule has 0 radical (unpaired) electrons. The number of hydrogen-bond donors (Lipinski definition) is 0. The maximum atomic E-state index is 2.21. The van der Waals surface area contributed by atoms with Gasteiger partial charge in [0.2, 0.25) is 0 Å². The molecule has 14 heavy (non-hydrogen) atoms. The molecule has 1 heterocycles. The van der Waals surface area contributed by atoms with Gasteiger partial charge in [0.25, 0.3) is 0 Å². The lowest BCUT2D eigenvalue weighted by atomic mass is 10.1. The normalized spacial score (nSPS) is 10.4. The molecule has 1 aromatic heterocycles. The Morgan fingerprint density at radius 2 is 1.71 bits per heavy atom. The highest BCUT2D eigenvalue weighted by atomic mass is 14.9. The zero-order valence-corrected chi connectivity index (χ0v) is 8.48. The van der Waals surface area contributed by atoms with Gasteiger partial charge in [-0.1, -0.05) is 31.5 Å². The first kappa shape index (κ1) is 9.07. The molecule has 0 saturated carbocycles. The molecule has 2 aromatic rings. The Hall–Kier alpha value is -1.50. The van der Waals surface area contributed by atoms with Gasteiger partial charge in [-0.15, -0.1) is 0 Å². The molecular weight excluding hydrogens is 170 g/mol. The van der Waals surface area contributed by atoms with Crippen LogP contribution >= 0.6 is 0 Å². The third-order valence-electron chi connectivity index (χ3n) is 2.39. The first-order valence-corrected chi connectivity index (χ1v) is 5.13. The van der Waals surface area contributed by atoms with Crippen LogP contribution in [0.15, 0.2) is 48.8 Å². The molecule has 0 spiro atoms. The highest BCUT2D eigenvalue weighted by Crippen LogP contribution is 2.15. The van der Waals surface area contributed by atoms with Crippen LogP contribution in [0.3, 0.4) is 0 Å². The molecule has 72 valence electrons. The van der Waals surface area contributed by atoms with Crippen molar-refractivity contribution in [3.63, 3.8) is 0 Å². The van der Waals surface area contributed by atoms with Crippen molar-refractivity contribution in [2.24, 2.45) is 0 Å². The second kappa shape index (κ2) is 4.14. The Bertz CT molecular complexity index is 387. The van der Waals surface area contributed by atoms with Gasteiger partial charge in [0.1, 0.15) is 0 Å². The predicted octanol–water partition coefficient (Wildman–Crippen LogP) is 3.43. The minimum Gasteiger partial charge on any atom is -0.324 e. The molecule has 0 amide bonds. The van der Waals surface area contributed by atoms with Gasteiger partial charge in [-0.3, -0.25) is 0 Å². The molecule has 0 aliphatic rings. The van der Waals surface area contributed by atoms with E-state index in [1.165, 1.54) is 17.7 Å². The minimum atomic E-state index is 1.15. The molecular formula is C13H15N. The number of rotatable bonds is 3. The van der Waals surface area contributed by atoms with Gasteiger partial charge in [0, 0.05) is 18.1 Å². The van der Waals surface area contributed by atoms with Crippen molar-refractivity contribution in [3.8, 4) is 5.69 Å². The van der Waals surface area contributed by atoms with Gasteiger partial charge in [-0.2, -0.15) is 0 Å². The molecule has 1 aromatic carbocycles. The standard InChI is InChI=1S/C13H15N/c1-2-7-12-8-3-4-9-13(12)14-10-5-6-11-14/h3-6,8-11H,2,7H2,1H3. The summed E-state index contributed by atoms with van der Waals surface area (Å²) in [5.41, 5.74) is 2.73. The quantitative estimate of drug-likeness (QED) is 0.690. The molecule has 0 unspecified atom stereocenters. The number of nitrogens with zero attached hydrogens (tertiary/aromatic N) is 1. The van der Waals surface area contributed by atoms with Gasteiger partial charge in [-0.05, 0) is 30.2 Å². The maximum absolute atomic E-state index is 2.21. The average Bonchev–Trinajstić information content (AvgIpc) is 2.72. The van der Waals surface area contributed by atoms with Crippen LogP contribution in [0.4, 0.5) is 0 Å². The van der Waals surface area contributed by atoms with Crippen molar-refractivity contribution in [1.29, 1.82) is 0 Å². The largest absolute Gasteiger partial charge is 0.324 e. The minimum absolute atomic E-state index is 1.15. The van der Waals surface area contributed by atoms with Crippen LogP contribution in [0.2, 0.25) is 0 Å². The molecule has 0 atom stereocenters. The highest BCUT2D eigenvalue weighted by molar-refractivity contribution is 5.41. The average molecular weight is 185 g/mol. The topological polar surface area (TPSA) is 4.93 Å². The lowest BCUT2D eigenvalue weighted by molar-refractivity contribution is 0.900. The Labute approximate surface area is 85.0 Å². The summed E-state index contributed by atoms with van der Waals surface area (Å²) < 4.78 is 2.17. The van der Waals surface area contributed by atoms with E-state index in [1.54, 1.807) is 0 Å². The third-order valence-corrected chi connectivity index (χ3v) is 2.39. The van der Waals surface area contributed by atoms with E-state index in [4.69, 9.17) is 0 Å². The lowest BCUT2D eigenvalue weighted by Gasteiger charge is -2.09. The zero-order valence-electron chi connectivity index (χ0n) is 8.48. The zero-order chi connectivity index (χ0) is 9.80. The van der Waals surface area contributed by atoms with Crippen molar-refractivity contribution in [1.82, 2.24) is 4.57 Å². The van der Waals surface area contributed by atoms with E-state index in [0.29, 0.717) is 0 Å². The van der Waals surface area contributed by atoms with E-state index in [2.05, 4.69) is 60.3 Å². The van der Waals surface area contributed by atoms with E-state index in [1.807, 2.05) is 0 Å². The molecule has 2 rings (SSSR count). The highest BCUT2D eigenvalue weighted by Gasteiger charge is 2.00. The first-order chi connectivity index (χ1) is 6.92. The number of para-hydroxylation sites is 1. The first-order valence-electron chi connectivity index (χ1n) is 5.13. The van der Waals surface area contributed by atoms with Crippen molar-refractivity contribution < 1.29 is 0 Å². The molecule has 0 saturated heterocycles. The second-order valence-electron chi connectivity index (χ2n) is 3.47. The fourth-order valence-electron chi connectivity index (χ4n) is 1.74. The molecule has 0 N–H and O–H groups in total. The summed E-state index contributed by atoms with van der Waals surface area (Å²) in [6.07, 6.45) is 6.52. The summed E-state index contributed by atoms with van der Waals surface area (Å²) in [5.74, 6) is 0. The predicted molar refractivity (Wildman–Crippen MR) is 59.8 cm³/mol. The number of benzene rings is 1. The summed E-state index contributed by atoms with van der Waals surface area (Å²) in [6.45, 7) is 2.21. The van der Waals surface area contributed by atoms with Crippen molar-refractivity contribution in [2.75, 3.05) is 0 Å². The van der Waals surface area contributed by atoms with Gasteiger partial charge in [0.15, 0.2) is 0 Å². The van der Waals surface area contributed by atoms with E-state index in [0.717, 1.165) is 6.42 Å².